The van der Waals surface area contributed by atoms with Gasteiger partial charge in [-0.25, -0.2) is 9.97 Å². The molecule has 0 fully saturated rings. The second kappa shape index (κ2) is 5.27. The molecule has 0 aliphatic rings. The van der Waals surface area contributed by atoms with Crippen LogP contribution in [0.3, 0.4) is 0 Å². The maximum atomic E-state index is 5.75. The number of imidazole rings is 1. The Balaban J connectivity index is 2.01. The zero-order valence-electron chi connectivity index (χ0n) is 10.5. The molecule has 4 nitrogen and oxygen atoms in total. The Morgan fingerprint density at radius 3 is 2.88 bits per heavy atom. The summed E-state index contributed by atoms with van der Waals surface area (Å²) in [5.41, 5.74) is 7.57. The zero-order chi connectivity index (χ0) is 12.3. The second-order valence-electron chi connectivity index (χ2n) is 4.81. The molecule has 0 bridgehead atoms. The maximum absolute atomic E-state index is 5.75. The molecule has 0 amide bonds. The number of aromatic amines is 1. The van der Waals surface area contributed by atoms with E-state index in [1.165, 1.54) is 0 Å². The molecule has 3 N–H and O–H groups in total. The summed E-state index contributed by atoms with van der Waals surface area (Å²) >= 11 is 0. The standard InChI is InChI=1S/C13H20N4/c1-9(5-3-6-10(2)14)12-16-11-7-4-8-15-13(11)17-12/h4,7-10H,3,5-6,14H2,1-2H3,(H,15,16,17). The van der Waals surface area contributed by atoms with Crippen LogP contribution in [-0.2, 0) is 0 Å². The fourth-order valence-electron chi connectivity index (χ4n) is 1.98. The molecule has 2 unspecified atom stereocenters. The van der Waals surface area contributed by atoms with E-state index < -0.39 is 0 Å². The van der Waals surface area contributed by atoms with E-state index in [0.29, 0.717) is 12.0 Å². The first-order valence-corrected chi connectivity index (χ1v) is 6.23. The van der Waals surface area contributed by atoms with Gasteiger partial charge < -0.3 is 10.7 Å². The van der Waals surface area contributed by atoms with E-state index in [0.717, 1.165) is 36.3 Å². The van der Waals surface area contributed by atoms with Crippen molar-refractivity contribution in [3.8, 4) is 0 Å². The second-order valence-corrected chi connectivity index (χ2v) is 4.81. The minimum atomic E-state index is 0.291. The van der Waals surface area contributed by atoms with Crippen molar-refractivity contribution in [3.63, 3.8) is 0 Å². The van der Waals surface area contributed by atoms with Crippen LogP contribution in [0.15, 0.2) is 18.3 Å². The van der Waals surface area contributed by atoms with Gasteiger partial charge >= 0.3 is 0 Å². The highest BCUT2D eigenvalue weighted by Crippen LogP contribution is 2.21. The van der Waals surface area contributed by atoms with Gasteiger partial charge in [-0.1, -0.05) is 13.3 Å². The van der Waals surface area contributed by atoms with Crippen LogP contribution in [0.4, 0.5) is 0 Å². The van der Waals surface area contributed by atoms with Crippen molar-refractivity contribution in [2.75, 3.05) is 0 Å². The van der Waals surface area contributed by atoms with E-state index in [-0.39, 0.29) is 0 Å². The summed E-state index contributed by atoms with van der Waals surface area (Å²) in [5.74, 6) is 1.46. The van der Waals surface area contributed by atoms with Gasteiger partial charge in [-0.3, -0.25) is 0 Å². The lowest BCUT2D eigenvalue weighted by Gasteiger charge is -2.09. The number of fused-ring (bicyclic) bond motifs is 1. The third kappa shape index (κ3) is 3.03. The van der Waals surface area contributed by atoms with Gasteiger partial charge in [0.05, 0.1) is 5.52 Å². The normalized spacial score (nSPS) is 15.0. The number of nitrogens with one attached hydrogen (secondary N) is 1. The fraction of sp³-hybridized carbons (Fsp3) is 0.538. The third-order valence-electron chi connectivity index (χ3n) is 3.04. The van der Waals surface area contributed by atoms with Gasteiger partial charge in [0.1, 0.15) is 5.82 Å². The molecule has 2 heterocycles. The number of nitrogens with two attached hydrogens (primary N) is 1. The Hall–Kier alpha value is -1.42. The Morgan fingerprint density at radius 1 is 1.35 bits per heavy atom. The first-order valence-electron chi connectivity index (χ1n) is 6.23. The number of pyridine rings is 1. The van der Waals surface area contributed by atoms with Crippen LogP contribution in [0.25, 0.3) is 11.2 Å². The van der Waals surface area contributed by atoms with Gasteiger partial charge in [-0.05, 0) is 31.9 Å². The van der Waals surface area contributed by atoms with Crippen molar-refractivity contribution in [1.82, 2.24) is 15.0 Å². The Kier molecular flexibility index (Phi) is 3.74. The van der Waals surface area contributed by atoms with E-state index >= 15 is 0 Å². The van der Waals surface area contributed by atoms with Crippen molar-refractivity contribution < 1.29 is 0 Å². The third-order valence-corrected chi connectivity index (χ3v) is 3.04. The van der Waals surface area contributed by atoms with Crippen molar-refractivity contribution in [2.45, 2.75) is 45.1 Å². The lowest BCUT2D eigenvalue weighted by molar-refractivity contribution is 0.546. The summed E-state index contributed by atoms with van der Waals surface area (Å²) in [6.07, 6.45) is 5.10. The highest BCUT2D eigenvalue weighted by Gasteiger charge is 2.11. The first kappa shape index (κ1) is 12.0. The number of H-pyrrole nitrogens is 1. The van der Waals surface area contributed by atoms with E-state index in [9.17, 15) is 0 Å². The molecule has 4 heteroatoms. The number of hydrogen-bond donors (Lipinski definition) is 2. The molecule has 0 radical (unpaired) electrons. The van der Waals surface area contributed by atoms with Gasteiger partial charge in [0.2, 0.25) is 0 Å². The molecule has 0 saturated heterocycles. The molecule has 0 aliphatic carbocycles. The minimum absolute atomic E-state index is 0.291. The molecule has 2 rings (SSSR count). The average molecular weight is 232 g/mol. The van der Waals surface area contributed by atoms with E-state index in [4.69, 9.17) is 5.73 Å². The van der Waals surface area contributed by atoms with Gasteiger partial charge in [0, 0.05) is 18.2 Å². The molecule has 2 atom stereocenters. The number of rotatable bonds is 5. The van der Waals surface area contributed by atoms with Gasteiger partial charge in [-0.15, -0.1) is 0 Å². The molecular weight excluding hydrogens is 212 g/mol. The molecule has 2 aromatic heterocycles. The average Bonchev–Trinajstić information content (AvgIpc) is 2.71. The Labute approximate surface area is 102 Å². The highest BCUT2D eigenvalue weighted by molar-refractivity contribution is 5.69. The highest BCUT2D eigenvalue weighted by atomic mass is 15.0. The van der Waals surface area contributed by atoms with Crippen molar-refractivity contribution in [2.24, 2.45) is 5.73 Å². The summed E-state index contributed by atoms with van der Waals surface area (Å²) < 4.78 is 0. The summed E-state index contributed by atoms with van der Waals surface area (Å²) in [5, 5.41) is 0. The van der Waals surface area contributed by atoms with Crippen LogP contribution in [0, 0.1) is 0 Å². The Morgan fingerprint density at radius 2 is 2.18 bits per heavy atom. The van der Waals surface area contributed by atoms with Gasteiger partial charge in [-0.2, -0.15) is 0 Å². The Bertz CT molecular complexity index is 442. The van der Waals surface area contributed by atoms with Crippen molar-refractivity contribution in [1.29, 1.82) is 0 Å². The van der Waals surface area contributed by atoms with Crippen LogP contribution in [0.2, 0.25) is 0 Å². The van der Waals surface area contributed by atoms with Gasteiger partial charge in [0.25, 0.3) is 0 Å². The van der Waals surface area contributed by atoms with Crippen molar-refractivity contribution >= 4 is 11.2 Å². The number of hydrogen-bond acceptors (Lipinski definition) is 3. The smallest absolute Gasteiger partial charge is 0.177 e. The van der Waals surface area contributed by atoms with Crippen LogP contribution in [0.1, 0.15) is 44.9 Å². The maximum Gasteiger partial charge on any atom is 0.177 e. The van der Waals surface area contributed by atoms with E-state index in [1.807, 2.05) is 12.1 Å². The number of nitrogens with zero attached hydrogens (tertiary/aromatic N) is 2. The summed E-state index contributed by atoms with van der Waals surface area (Å²) in [4.78, 5) is 12.1. The SMILES string of the molecule is CC(N)CCCC(C)c1nc2ncccc2[nH]1. The van der Waals surface area contributed by atoms with Gasteiger partial charge in [0.15, 0.2) is 5.65 Å². The monoisotopic (exact) mass is 232 g/mol. The van der Waals surface area contributed by atoms with Crippen LogP contribution < -0.4 is 5.73 Å². The predicted octanol–water partition coefficient (Wildman–Crippen LogP) is 2.58. The fourth-order valence-corrected chi connectivity index (χ4v) is 1.98. The largest absolute Gasteiger partial charge is 0.340 e. The minimum Gasteiger partial charge on any atom is -0.340 e. The molecule has 0 aliphatic heterocycles. The molecule has 0 saturated carbocycles. The lowest BCUT2D eigenvalue weighted by Crippen LogP contribution is -2.14. The lowest BCUT2D eigenvalue weighted by atomic mass is 10.0. The first-order chi connectivity index (χ1) is 8.16. The predicted molar refractivity (Wildman–Crippen MR) is 69.8 cm³/mol. The van der Waals surface area contributed by atoms with Crippen molar-refractivity contribution in [3.05, 3.63) is 24.2 Å². The molecule has 17 heavy (non-hydrogen) atoms. The summed E-state index contributed by atoms with van der Waals surface area (Å²) in [6, 6.07) is 4.22. The van der Waals surface area contributed by atoms with E-state index in [1.54, 1.807) is 6.20 Å². The molecule has 0 spiro atoms. The van der Waals surface area contributed by atoms with Crippen LogP contribution in [-0.4, -0.2) is 21.0 Å². The zero-order valence-corrected chi connectivity index (χ0v) is 10.5. The molecular formula is C13H20N4. The van der Waals surface area contributed by atoms with Crippen LogP contribution in [0.5, 0.6) is 0 Å². The topological polar surface area (TPSA) is 67.6 Å². The van der Waals surface area contributed by atoms with Crippen LogP contribution >= 0.6 is 0 Å². The molecule has 0 aromatic carbocycles. The summed E-state index contributed by atoms with van der Waals surface area (Å²) in [7, 11) is 0. The molecule has 92 valence electrons. The summed E-state index contributed by atoms with van der Waals surface area (Å²) in [6.45, 7) is 4.24. The quantitative estimate of drug-likeness (QED) is 0.832. The van der Waals surface area contributed by atoms with E-state index in [2.05, 4.69) is 28.8 Å². The number of aromatic nitrogens is 3. The molecule has 2 aromatic rings.